The first-order valence-corrected chi connectivity index (χ1v) is 7.59. The van der Waals surface area contributed by atoms with E-state index in [-0.39, 0.29) is 30.0 Å². The molecule has 3 heteroatoms. The summed E-state index contributed by atoms with van der Waals surface area (Å²) in [5, 5.41) is 9.86. The molecule has 3 nitrogen and oxygen atoms in total. The van der Waals surface area contributed by atoms with Gasteiger partial charge >= 0.3 is 5.97 Å². The Hall–Kier alpha value is -0.570. The smallest absolute Gasteiger partial charge is 0.302 e. The van der Waals surface area contributed by atoms with Crippen molar-refractivity contribution >= 4 is 5.97 Å². The minimum atomic E-state index is -0.222. The molecule has 110 valence electrons. The zero-order chi connectivity index (χ0) is 14.3. The van der Waals surface area contributed by atoms with E-state index in [4.69, 9.17) is 4.74 Å². The van der Waals surface area contributed by atoms with Gasteiger partial charge in [-0.15, -0.1) is 0 Å². The highest BCUT2D eigenvalue weighted by molar-refractivity contribution is 5.66. The molecule has 0 aliphatic heterocycles. The van der Waals surface area contributed by atoms with Crippen LogP contribution in [0.25, 0.3) is 0 Å². The lowest BCUT2D eigenvalue weighted by Crippen LogP contribution is -2.55. The molecule has 0 aromatic carbocycles. The van der Waals surface area contributed by atoms with Gasteiger partial charge in [-0.05, 0) is 42.4 Å². The summed E-state index contributed by atoms with van der Waals surface area (Å²) in [4.78, 5) is 11.3. The Balaban J connectivity index is 2.26. The molecule has 0 bridgehead atoms. The zero-order valence-electron chi connectivity index (χ0n) is 12.7. The summed E-state index contributed by atoms with van der Waals surface area (Å²) in [5.41, 5.74) is 0.441. The molecule has 2 aliphatic carbocycles. The number of ether oxygens (including phenoxy) is 1. The number of carbonyl (C=O) groups is 1. The fraction of sp³-hybridized carbons (Fsp3) is 0.938. The monoisotopic (exact) mass is 268 g/mol. The van der Waals surface area contributed by atoms with Crippen LogP contribution in [0.5, 0.6) is 0 Å². The van der Waals surface area contributed by atoms with Crippen molar-refractivity contribution in [2.75, 3.05) is 6.61 Å². The van der Waals surface area contributed by atoms with Gasteiger partial charge in [0.15, 0.2) is 0 Å². The van der Waals surface area contributed by atoms with Crippen molar-refractivity contribution < 1.29 is 14.6 Å². The molecule has 1 unspecified atom stereocenters. The number of aliphatic hydroxyl groups is 1. The first-order valence-electron chi connectivity index (χ1n) is 7.59. The maximum Gasteiger partial charge on any atom is 0.302 e. The Bertz CT molecular complexity index is 350. The summed E-state index contributed by atoms with van der Waals surface area (Å²) < 4.78 is 5.48. The highest BCUT2D eigenvalue weighted by Gasteiger charge is 2.55. The zero-order valence-corrected chi connectivity index (χ0v) is 12.7. The molecule has 2 rings (SSSR count). The van der Waals surface area contributed by atoms with E-state index in [9.17, 15) is 9.90 Å². The van der Waals surface area contributed by atoms with Crippen LogP contribution in [0.3, 0.4) is 0 Å². The van der Waals surface area contributed by atoms with E-state index < -0.39 is 0 Å². The molecule has 0 saturated heterocycles. The van der Waals surface area contributed by atoms with Gasteiger partial charge in [0.2, 0.25) is 0 Å². The van der Waals surface area contributed by atoms with Gasteiger partial charge in [-0.2, -0.15) is 0 Å². The number of hydrogen-bond acceptors (Lipinski definition) is 3. The predicted octanol–water partition coefficient (Wildman–Crippen LogP) is 3.15. The van der Waals surface area contributed by atoms with Crippen LogP contribution in [0.2, 0.25) is 0 Å². The highest BCUT2D eigenvalue weighted by atomic mass is 16.5. The van der Waals surface area contributed by atoms with Crippen molar-refractivity contribution in [3.05, 3.63) is 0 Å². The van der Waals surface area contributed by atoms with Crippen LogP contribution in [0.1, 0.15) is 59.8 Å². The Labute approximate surface area is 116 Å². The Morgan fingerprint density at radius 3 is 2.53 bits per heavy atom. The first-order chi connectivity index (χ1) is 8.81. The standard InChI is InChI=1S/C16H28O3/c1-11(18)19-13-6-7-14-15(2,3)8-5-9-16(14,4)12(13)10-17/h12-14,17H,5-10H2,1-4H3/t12-,13+,14?,16+/m0/s1. The molecule has 0 amide bonds. The number of hydrogen-bond donors (Lipinski definition) is 1. The second-order valence-corrected chi connectivity index (χ2v) is 7.41. The molecular formula is C16H28O3. The van der Waals surface area contributed by atoms with Crippen LogP contribution in [0.15, 0.2) is 0 Å². The van der Waals surface area contributed by atoms with Gasteiger partial charge in [-0.3, -0.25) is 4.79 Å². The fourth-order valence-corrected chi connectivity index (χ4v) is 4.97. The molecule has 0 aromatic heterocycles. The van der Waals surface area contributed by atoms with E-state index in [1.165, 1.54) is 19.8 Å². The van der Waals surface area contributed by atoms with E-state index in [1.54, 1.807) is 0 Å². The predicted molar refractivity (Wildman–Crippen MR) is 74.6 cm³/mol. The molecule has 2 aliphatic rings. The second-order valence-electron chi connectivity index (χ2n) is 7.41. The first kappa shape index (κ1) is 14.8. The summed E-state index contributed by atoms with van der Waals surface area (Å²) >= 11 is 0. The normalized spacial score (nSPS) is 41.4. The van der Waals surface area contributed by atoms with Crippen LogP contribution >= 0.6 is 0 Å². The SMILES string of the molecule is CC(=O)O[C@@H]1CCC2C(C)(C)CCC[C@]2(C)[C@H]1CO. The minimum absolute atomic E-state index is 0.0923. The van der Waals surface area contributed by atoms with E-state index in [1.807, 2.05) is 0 Å². The Morgan fingerprint density at radius 2 is 1.95 bits per heavy atom. The van der Waals surface area contributed by atoms with Crippen molar-refractivity contribution in [2.24, 2.45) is 22.7 Å². The summed E-state index contributed by atoms with van der Waals surface area (Å²) in [6.45, 7) is 8.61. The maximum absolute atomic E-state index is 11.3. The van der Waals surface area contributed by atoms with Gasteiger partial charge < -0.3 is 9.84 Å². The lowest BCUT2D eigenvalue weighted by molar-refractivity contribution is -0.173. The fourth-order valence-electron chi connectivity index (χ4n) is 4.97. The van der Waals surface area contributed by atoms with E-state index in [0.717, 1.165) is 19.3 Å². The lowest BCUT2D eigenvalue weighted by Gasteiger charge is -2.58. The third-order valence-electron chi connectivity index (χ3n) is 5.83. The summed E-state index contributed by atoms with van der Waals surface area (Å²) in [6, 6.07) is 0. The molecule has 1 N–H and O–H groups in total. The molecule has 0 radical (unpaired) electrons. The molecule has 0 aromatic rings. The molecule has 19 heavy (non-hydrogen) atoms. The number of aliphatic hydroxyl groups excluding tert-OH is 1. The second kappa shape index (κ2) is 5.08. The maximum atomic E-state index is 11.3. The van der Waals surface area contributed by atoms with Gasteiger partial charge in [0.05, 0.1) is 0 Å². The van der Waals surface area contributed by atoms with Crippen LogP contribution in [-0.4, -0.2) is 23.8 Å². The molecule has 4 atom stereocenters. The van der Waals surface area contributed by atoms with Gasteiger partial charge in [-0.1, -0.05) is 27.2 Å². The Morgan fingerprint density at radius 1 is 1.26 bits per heavy atom. The van der Waals surface area contributed by atoms with Crippen LogP contribution in [0.4, 0.5) is 0 Å². The van der Waals surface area contributed by atoms with E-state index in [0.29, 0.717) is 11.3 Å². The third kappa shape index (κ3) is 2.54. The van der Waals surface area contributed by atoms with Gasteiger partial charge in [0, 0.05) is 19.4 Å². The van der Waals surface area contributed by atoms with Gasteiger partial charge in [0.1, 0.15) is 6.10 Å². The molecule has 0 spiro atoms. The van der Waals surface area contributed by atoms with E-state index in [2.05, 4.69) is 20.8 Å². The van der Waals surface area contributed by atoms with E-state index >= 15 is 0 Å². The van der Waals surface area contributed by atoms with Gasteiger partial charge in [-0.25, -0.2) is 0 Å². The number of esters is 1. The third-order valence-corrected chi connectivity index (χ3v) is 5.83. The van der Waals surface area contributed by atoms with Crippen molar-refractivity contribution in [1.82, 2.24) is 0 Å². The quantitative estimate of drug-likeness (QED) is 0.783. The molecule has 2 saturated carbocycles. The van der Waals surface area contributed by atoms with Crippen molar-refractivity contribution in [3.8, 4) is 0 Å². The van der Waals surface area contributed by atoms with Gasteiger partial charge in [0.25, 0.3) is 0 Å². The van der Waals surface area contributed by atoms with Crippen LogP contribution in [-0.2, 0) is 9.53 Å². The van der Waals surface area contributed by atoms with Crippen molar-refractivity contribution in [3.63, 3.8) is 0 Å². The summed E-state index contributed by atoms with van der Waals surface area (Å²) in [7, 11) is 0. The Kier molecular flexibility index (Phi) is 3.97. The average Bonchev–Trinajstić information content (AvgIpc) is 2.26. The molecule has 0 heterocycles. The summed E-state index contributed by atoms with van der Waals surface area (Å²) in [5.74, 6) is 0.494. The molecular weight excluding hydrogens is 240 g/mol. The largest absolute Gasteiger partial charge is 0.462 e. The minimum Gasteiger partial charge on any atom is -0.462 e. The number of carbonyl (C=O) groups excluding carboxylic acids is 1. The highest BCUT2D eigenvalue weighted by Crippen LogP contribution is 2.60. The topological polar surface area (TPSA) is 46.5 Å². The number of rotatable bonds is 2. The average molecular weight is 268 g/mol. The van der Waals surface area contributed by atoms with Crippen molar-refractivity contribution in [2.45, 2.75) is 65.9 Å². The molecule has 2 fully saturated rings. The summed E-state index contributed by atoms with van der Waals surface area (Å²) in [6.07, 6.45) is 5.53. The van der Waals surface area contributed by atoms with Crippen molar-refractivity contribution in [1.29, 1.82) is 0 Å². The van der Waals surface area contributed by atoms with Crippen LogP contribution < -0.4 is 0 Å². The number of fused-ring (bicyclic) bond motifs is 1. The van der Waals surface area contributed by atoms with Crippen LogP contribution in [0, 0.1) is 22.7 Å². The lowest BCUT2D eigenvalue weighted by atomic mass is 9.48.